The molecular formula is C46H46O5S. The van der Waals surface area contributed by atoms with Crippen LogP contribution in [0.15, 0.2) is 157 Å². The van der Waals surface area contributed by atoms with Crippen molar-refractivity contribution in [2.45, 2.75) is 70.3 Å². The minimum absolute atomic E-state index is 0.329. The molecule has 0 saturated carbocycles. The van der Waals surface area contributed by atoms with E-state index in [1.54, 1.807) is 11.3 Å². The Morgan fingerprint density at radius 3 is 1.56 bits per heavy atom. The Balaban J connectivity index is 1.24. The van der Waals surface area contributed by atoms with Gasteiger partial charge in [0.05, 0.1) is 33.0 Å². The molecule has 1 saturated heterocycles. The van der Waals surface area contributed by atoms with Gasteiger partial charge in [0.15, 0.2) is 0 Å². The molecule has 1 aliphatic rings. The lowest BCUT2D eigenvalue weighted by Gasteiger charge is -2.46. The van der Waals surface area contributed by atoms with Crippen LogP contribution < -0.4 is 0 Å². The minimum Gasteiger partial charge on any atom is -0.374 e. The molecule has 0 bridgehead atoms. The van der Waals surface area contributed by atoms with E-state index in [1.165, 1.54) is 16.0 Å². The monoisotopic (exact) mass is 710 g/mol. The summed E-state index contributed by atoms with van der Waals surface area (Å²) in [7, 11) is 0. The Kier molecular flexibility index (Phi) is 12.7. The second-order valence-corrected chi connectivity index (χ2v) is 14.3. The van der Waals surface area contributed by atoms with Crippen LogP contribution in [-0.2, 0) is 56.5 Å². The SMILES string of the molecule is Cc1ccsc1Cc1cccc([C@@H]2O[C@H](COCc3ccccc3)[C@@H](OCc3ccccc3)[C@H](OCc3ccccc3)[C@H]2OCc2ccccc2)c1. The van der Waals surface area contributed by atoms with E-state index in [2.05, 4.69) is 91.2 Å². The second kappa shape index (κ2) is 18.4. The first-order valence-electron chi connectivity index (χ1n) is 18.0. The molecule has 0 amide bonds. The van der Waals surface area contributed by atoms with Crippen LogP contribution >= 0.6 is 11.3 Å². The van der Waals surface area contributed by atoms with Gasteiger partial charge in [-0.1, -0.05) is 146 Å². The molecule has 2 heterocycles. The van der Waals surface area contributed by atoms with E-state index in [-0.39, 0.29) is 0 Å². The number of benzene rings is 5. The molecule has 0 unspecified atom stereocenters. The van der Waals surface area contributed by atoms with Gasteiger partial charge in [-0.3, -0.25) is 0 Å². The Morgan fingerprint density at radius 1 is 0.519 bits per heavy atom. The van der Waals surface area contributed by atoms with E-state index in [0.29, 0.717) is 33.0 Å². The lowest BCUT2D eigenvalue weighted by molar-refractivity contribution is -0.275. The van der Waals surface area contributed by atoms with E-state index >= 15 is 0 Å². The Morgan fingerprint density at radius 2 is 1.02 bits per heavy atom. The zero-order valence-electron chi connectivity index (χ0n) is 29.6. The summed E-state index contributed by atoms with van der Waals surface area (Å²) in [6.07, 6.45) is -1.43. The molecule has 0 spiro atoms. The van der Waals surface area contributed by atoms with Gasteiger partial charge in [0, 0.05) is 11.3 Å². The number of rotatable bonds is 16. The van der Waals surface area contributed by atoms with Crippen LogP contribution in [0, 0.1) is 6.92 Å². The third-order valence-corrected chi connectivity index (χ3v) is 10.5. The van der Waals surface area contributed by atoms with Crippen LogP contribution in [-0.4, -0.2) is 31.0 Å². The van der Waals surface area contributed by atoms with E-state index in [0.717, 1.165) is 34.2 Å². The van der Waals surface area contributed by atoms with E-state index in [4.69, 9.17) is 23.7 Å². The van der Waals surface area contributed by atoms with E-state index in [1.807, 2.05) is 72.8 Å². The smallest absolute Gasteiger partial charge is 0.117 e. The predicted molar refractivity (Wildman–Crippen MR) is 207 cm³/mol. The molecule has 52 heavy (non-hydrogen) atoms. The highest BCUT2D eigenvalue weighted by atomic mass is 32.1. The molecule has 1 fully saturated rings. The van der Waals surface area contributed by atoms with Gasteiger partial charge in [-0.2, -0.15) is 0 Å². The molecule has 7 rings (SSSR count). The summed E-state index contributed by atoms with van der Waals surface area (Å²) in [6, 6.07) is 52.0. The Bertz CT molecular complexity index is 1910. The molecule has 5 atom stereocenters. The van der Waals surface area contributed by atoms with Crippen LogP contribution in [0.3, 0.4) is 0 Å². The highest BCUT2D eigenvalue weighted by molar-refractivity contribution is 7.10. The van der Waals surface area contributed by atoms with Crippen molar-refractivity contribution in [2.24, 2.45) is 0 Å². The quantitative estimate of drug-likeness (QED) is 0.100. The fourth-order valence-electron chi connectivity index (χ4n) is 6.71. The third-order valence-electron chi connectivity index (χ3n) is 9.50. The lowest BCUT2D eigenvalue weighted by atomic mass is 9.89. The first-order valence-corrected chi connectivity index (χ1v) is 18.9. The van der Waals surface area contributed by atoms with Gasteiger partial charge in [0.25, 0.3) is 0 Å². The maximum absolute atomic E-state index is 7.16. The summed E-state index contributed by atoms with van der Waals surface area (Å²) >= 11 is 1.80. The Hall–Kier alpha value is -4.40. The Labute approximate surface area is 311 Å². The van der Waals surface area contributed by atoms with Gasteiger partial charge >= 0.3 is 0 Å². The largest absolute Gasteiger partial charge is 0.374 e. The molecule has 5 nitrogen and oxygen atoms in total. The fourth-order valence-corrected chi connectivity index (χ4v) is 7.65. The summed E-state index contributed by atoms with van der Waals surface area (Å²) in [5.41, 5.74) is 7.95. The highest BCUT2D eigenvalue weighted by Crippen LogP contribution is 2.39. The predicted octanol–water partition coefficient (Wildman–Crippen LogP) is 10.1. The summed E-state index contributed by atoms with van der Waals surface area (Å²) in [6.45, 7) is 4.19. The van der Waals surface area contributed by atoms with Crippen molar-refractivity contribution in [1.82, 2.24) is 0 Å². The average Bonchev–Trinajstić information content (AvgIpc) is 3.60. The van der Waals surface area contributed by atoms with Gasteiger partial charge in [0.1, 0.15) is 30.5 Å². The minimum atomic E-state index is -0.478. The molecule has 0 radical (unpaired) electrons. The van der Waals surface area contributed by atoms with Crippen molar-refractivity contribution in [3.63, 3.8) is 0 Å². The summed E-state index contributed by atoms with van der Waals surface area (Å²) in [4.78, 5) is 1.37. The van der Waals surface area contributed by atoms with Crippen LogP contribution in [0.4, 0.5) is 0 Å². The van der Waals surface area contributed by atoms with Crippen molar-refractivity contribution in [1.29, 1.82) is 0 Å². The molecule has 6 aromatic rings. The highest BCUT2D eigenvalue weighted by Gasteiger charge is 2.49. The topological polar surface area (TPSA) is 46.2 Å². The standard InChI is InChI=1S/C46H46O5S/c1-34-25-26-52-42(34)28-39-23-14-24-40(27-39)43-45(49-31-37-19-10-4-11-20-37)46(50-32-38-21-12-5-13-22-38)44(48-30-36-17-8-3-9-18-36)41(51-43)33-47-29-35-15-6-2-7-16-35/h2-27,41,43-46H,28-33H2,1H3/t41-,43+,44-,45+,46+/m1/s1. The van der Waals surface area contributed by atoms with E-state index in [9.17, 15) is 0 Å². The van der Waals surface area contributed by atoms with E-state index < -0.39 is 30.5 Å². The molecule has 266 valence electrons. The molecular weight excluding hydrogens is 665 g/mol. The first-order chi connectivity index (χ1) is 25.7. The number of ether oxygens (including phenoxy) is 5. The molecule has 0 N–H and O–H groups in total. The lowest BCUT2D eigenvalue weighted by Crippen LogP contribution is -2.58. The van der Waals surface area contributed by atoms with Crippen molar-refractivity contribution >= 4 is 11.3 Å². The third kappa shape index (κ3) is 9.72. The van der Waals surface area contributed by atoms with Crippen LogP contribution in [0.25, 0.3) is 0 Å². The first kappa shape index (κ1) is 36.0. The van der Waals surface area contributed by atoms with Crippen LogP contribution in [0.2, 0.25) is 0 Å². The van der Waals surface area contributed by atoms with Crippen molar-refractivity contribution < 1.29 is 23.7 Å². The summed E-state index contributed by atoms with van der Waals surface area (Å²) < 4.78 is 34.3. The second-order valence-electron chi connectivity index (χ2n) is 13.3. The average molecular weight is 711 g/mol. The number of hydrogen-bond donors (Lipinski definition) is 0. The zero-order valence-corrected chi connectivity index (χ0v) is 30.4. The van der Waals surface area contributed by atoms with Crippen LogP contribution in [0.1, 0.15) is 49.9 Å². The fraction of sp³-hybridized carbons (Fsp3) is 0.261. The van der Waals surface area contributed by atoms with Crippen molar-refractivity contribution in [2.75, 3.05) is 6.61 Å². The number of hydrogen-bond acceptors (Lipinski definition) is 6. The molecule has 1 aliphatic heterocycles. The van der Waals surface area contributed by atoms with Crippen molar-refractivity contribution in [3.8, 4) is 0 Å². The van der Waals surface area contributed by atoms with Crippen molar-refractivity contribution in [3.05, 3.63) is 201 Å². The maximum atomic E-state index is 7.16. The van der Waals surface area contributed by atoms with Gasteiger partial charge < -0.3 is 23.7 Å². The van der Waals surface area contributed by atoms with Gasteiger partial charge in [-0.25, -0.2) is 0 Å². The summed E-state index contributed by atoms with van der Waals surface area (Å²) in [5, 5.41) is 2.16. The summed E-state index contributed by atoms with van der Waals surface area (Å²) in [5.74, 6) is 0. The number of aryl methyl sites for hydroxylation is 1. The normalized spacial score (nSPS) is 20.1. The molecule has 0 aliphatic carbocycles. The van der Waals surface area contributed by atoms with Gasteiger partial charge in [-0.05, 0) is 57.3 Å². The molecule has 6 heteroatoms. The molecule has 1 aromatic heterocycles. The molecule has 5 aromatic carbocycles. The number of thiophene rings is 1. The van der Waals surface area contributed by atoms with Gasteiger partial charge in [-0.15, -0.1) is 11.3 Å². The maximum Gasteiger partial charge on any atom is 0.117 e. The van der Waals surface area contributed by atoms with Crippen LogP contribution in [0.5, 0.6) is 0 Å². The van der Waals surface area contributed by atoms with Gasteiger partial charge in [0.2, 0.25) is 0 Å². The zero-order chi connectivity index (χ0) is 35.4.